The molecule has 1 fully saturated rings. The third-order valence-electron chi connectivity index (χ3n) is 5.04. The van der Waals surface area contributed by atoms with Crippen LogP contribution in [0.25, 0.3) is 5.69 Å². The lowest BCUT2D eigenvalue weighted by atomic mass is 9.79. The summed E-state index contributed by atoms with van der Waals surface area (Å²) in [6.07, 6.45) is 2.83. The molecule has 0 radical (unpaired) electrons. The van der Waals surface area contributed by atoms with Gasteiger partial charge in [-0.3, -0.25) is 4.79 Å². The number of rotatable bonds is 4. The van der Waals surface area contributed by atoms with Gasteiger partial charge < -0.3 is 15.7 Å². The Morgan fingerprint density at radius 2 is 1.96 bits per heavy atom. The van der Waals surface area contributed by atoms with Crippen molar-refractivity contribution in [2.45, 2.75) is 18.1 Å². The van der Waals surface area contributed by atoms with Crippen LogP contribution in [-0.2, 0) is 5.54 Å². The Morgan fingerprint density at radius 1 is 1.19 bits per heavy atom. The van der Waals surface area contributed by atoms with Crippen LogP contribution >= 0.6 is 0 Å². The highest BCUT2D eigenvalue weighted by Gasteiger charge is 2.43. The van der Waals surface area contributed by atoms with E-state index in [2.05, 4.69) is 20.7 Å². The summed E-state index contributed by atoms with van der Waals surface area (Å²) in [6, 6.07) is 16.9. The molecule has 2 heterocycles. The minimum atomic E-state index is -0.848. The van der Waals surface area contributed by atoms with E-state index in [-0.39, 0.29) is 5.91 Å². The molecule has 3 N–H and O–H groups in total. The number of hydrogen-bond acceptors (Lipinski definition) is 5. The van der Waals surface area contributed by atoms with E-state index in [1.807, 2.05) is 48.5 Å². The molecule has 2 atom stereocenters. The van der Waals surface area contributed by atoms with Gasteiger partial charge in [0, 0.05) is 6.54 Å². The lowest BCUT2D eigenvalue weighted by Crippen LogP contribution is -2.61. The highest BCUT2D eigenvalue weighted by atomic mass is 16.3. The summed E-state index contributed by atoms with van der Waals surface area (Å²) in [5, 5.41) is 21.3. The van der Waals surface area contributed by atoms with Gasteiger partial charge in [-0.25, -0.2) is 9.67 Å². The number of benzene rings is 2. The van der Waals surface area contributed by atoms with Crippen molar-refractivity contribution in [1.82, 2.24) is 25.4 Å². The Morgan fingerprint density at radius 3 is 2.70 bits per heavy atom. The van der Waals surface area contributed by atoms with Crippen molar-refractivity contribution in [2.75, 3.05) is 13.1 Å². The van der Waals surface area contributed by atoms with Crippen molar-refractivity contribution in [2.24, 2.45) is 0 Å². The summed E-state index contributed by atoms with van der Waals surface area (Å²) >= 11 is 0. The first-order chi connectivity index (χ1) is 13.2. The molecule has 0 bridgehead atoms. The van der Waals surface area contributed by atoms with Crippen molar-refractivity contribution >= 4 is 5.91 Å². The van der Waals surface area contributed by atoms with Gasteiger partial charge in [-0.05, 0) is 30.7 Å². The van der Waals surface area contributed by atoms with Gasteiger partial charge in [0.05, 0.1) is 22.9 Å². The lowest BCUT2D eigenvalue weighted by molar-refractivity contribution is 0.0289. The molecule has 2 aromatic carbocycles. The number of β-amino-alcohol motifs (C(OH)–C–C–N with tert-alkyl or cyclic N) is 1. The monoisotopic (exact) mass is 363 g/mol. The molecule has 27 heavy (non-hydrogen) atoms. The van der Waals surface area contributed by atoms with E-state index in [0.29, 0.717) is 30.8 Å². The van der Waals surface area contributed by atoms with E-state index in [0.717, 1.165) is 5.56 Å². The molecule has 1 saturated heterocycles. The molecular formula is C20H21N5O2. The van der Waals surface area contributed by atoms with Crippen molar-refractivity contribution in [3.63, 3.8) is 0 Å². The van der Waals surface area contributed by atoms with Crippen LogP contribution in [0.2, 0.25) is 0 Å². The summed E-state index contributed by atoms with van der Waals surface area (Å²) < 4.78 is 1.56. The Balaban J connectivity index is 1.72. The number of nitrogens with one attached hydrogen (secondary N) is 2. The average molecular weight is 363 g/mol. The quantitative estimate of drug-likeness (QED) is 0.649. The number of aliphatic hydroxyl groups excluding tert-OH is 1. The van der Waals surface area contributed by atoms with E-state index in [4.69, 9.17) is 0 Å². The summed E-state index contributed by atoms with van der Waals surface area (Å²) in [6.45, 7) is 1.12. The van der Waals surface area contributed by atoms with Gasteiger partial charge >= 0.3 is 0 Å². The number of carbonyl (C=O) groups excluding carboxylic acids is 1. The molecule has 1 aliphatic heterocycles. The van der Waals surface area contributed by atoms with Gasteiger partial charge in [0.25, 0.3) is 5.91 Å². The van der Waals surface area contributed by atoms with Crippen molar-refractivity contribution in [1.29, 1.82) is 0 Å². The van der Waals surface area contributed by atoms with Gasteiger partial charge in [0.2, 0.25) is 0 Å². The maximum absolute atomic E-state index is 13.2. The van der Waals surface area contributed by atoms with Gasteiger partial charge in [0.15, 0.2) is 0 Å². The summed E-state index contributed by atoms with van der Waals surface area (Å²) in [5.74, 6) is -0.258. The Bertz CT molecular complexity index is 913. The minimum Gasteiger partial charge on any atom is -0.389 e. The lowest BCUT2D eigenvalue weighted by Gasteiger charge is -2.43. The fraction of sp³-hybridized carbons (Fsp3) is 0.250. The highest BCUT2D eigenvalue weighted by Crippen LogP contribution is 2.32. The Kier molecular flexibility index (Phi) is 4.70. The van der Waals surface area contributed by atoms with Gasteiger partial charge in [-0.2, -0.15) is 5.10 Å². The smallest absolute Gasteiger partial charge is 0.254 e. The number of aromatic nitrogens is 3. The maximum Gasteiger partial charge on any atom is 0.254 e. The molecular weight excluding hydrogens is 342 g/mol. The van der Waals surface area contributed by atoms with Crippen LogP contribution in [0.5, 0.6) is 0 Å². The van der Waals surface area contributed by atoms with Crippen LogP contribution in [0.15, 0.2) is 67.3 Å². The van der Waals surface area contributed by atoms with Crippen LogP contribution in [-0.4, -0.2) is 45.0 Å². The number of carbonyl (C=O) groups is 1. The van der Waals surface area contributed by atoms with Gasteiger partial charge in [-0.1, -0.05) is 42.5 Å². The number of piperidine rings is 1. The SMILES string of the molecule is O=C(N[C@@]1(c2ccccc2)CCNC[C@H]1O)c1ccccc1-n1cncn1. The maximum atomic E-state index is 13.2. The molecule has 0 saturated carbocycles. The molecule has 0 spiro atoms. The Hall–Kier alpha value is -3.03. The topological polar surface area (TPSA) is 92.1 Å². The number of aliphatic hydroxyl groups is 1. The summed E-state index contributed by atoms with van der Waals surface area (Å²) in [4.78, 5) is 17.2. The highest BCUT2D eigenvalue weighted by molar-refractivity contribution is 5.98. The van der Waals surface area contributed by atoms with Crippen LogP contribution < -0.4 is 10.6 Å². The first-order valence-electron chi connectivity index (χ1n) is 8.91. The molecule has 3 aromatic rings. The second-order valence-corrected chi connectivity index (χ2v) is 6.62. The minimum absolute atomic E-state index is 0.258. The molecule has 0 aliphatic carbocycles. The van der Waals surface area contributed by atoms with Crippen LogP contribution in [0.3, 0.4) is 0 Å². The average Bonchev–Trinajstić information content (AvgIpc) is 3.25. The predicted molar refractivity (Wildman–Crippen MR) is 100 cm³/mol. The fourth-order valence-corrected chi connectivity index (χ4v) is 3.62. The van der Waals surface area contributed by atoms with Crippen molar-refractivity contribution < 1.29 is 9.90 Å². The standard InChI is InChI=1S/C20H21N5O2/c26-18-12-21-11-10-20(18,15-6-2-1-3-7-15)24-19(27)16-8-4-5-9-17(16)25-14-22-13-23-25/h1-9,13-14,18,21,26H,10-12H2,(H,24,27)/t18-,20-/m1/s1. The van der Waals surface area contributed by atoms with E-state index >= 15 is 0 Å². The fourth-order valence-electron chi connectivity index (χ4n) is 3.62. The van der Waals surface area contributed by atoms with Gasteiger partial charge in [0.1, 0.15) is 12.7 Å². The summed E-state index contributed by atoms with van der Waals surface area (Å²) in [5.41, 5.74) is 1.16. The second-order valence-electron chi connectivity index (χ2n) is 6.62. The van der Waals surface area contributed by atoms with E-state index in [1.54, 1.807) is 17.1 Å². The summed E-state index contributed by atoms with van der Waals surface area (Å²) in [7, 11) is 0. The predicted octanol–water partition coefficient (Wildman–Crippen LogP) is 1.25. The molecule has 1 aromatic heterocycles. The molecule has 1 amide bonds. The Labute approximate surface area is 157 Å². The van der Waals surface area contributed by atoms with Crippen molar-refractivity contribution in [3.05, 3.63) is 78.4 Å². The normalized spacial score (nSPS) is 22.3. The molecule has 1 aliphatic rings. The molecule has 0 unspecified atom stereocenters. The molecule has 7 nitrogen and oxygen atoms in total. The zero-order valence-corrected chi connectivity index (χ0v) is 14.7. The largest absolute Gasteiger partial charge is 0.389 e. The van der Waals surface area contributed by atoms with Crippen LogP contribution in [0.1, 0.15) is 22.3 Å². The number of amides is 1. The molecule has 7 heteroatoms. The first-order valence-corrected chi connectivity index (χ1v) is 8.91. The van der Waals surface area contributed by atoms with Crippen molar-refractivity contribution in [3.8, 4) is 5.69 Å². The van der Waals surface area contributed by atoms with Crippen LogP contribution in [0, 0.1) is 0 Å². The number of para-hydroxylation sites is 1. The third kappa shape index (κ3) is 3.22. The van der Waals surface area contributed by atoms with E-state index in [1.165, 1.54) is 6.33 Å². The van der Waals surface area contributed by atoms with E-state index < -0.39 is 11.6 Å². The number of nitrogens with zero attached hydrogens (tertiary/aromatic N) is 3. The molecule has 4 rings (SSSR count). The number of hydrogen-bond donors (Lipinski definition) is 3. The zero-order chi connectivity index (χ0) is 18.7. The first kappa shape index (κ1) is 17.4. The zero-order valence-electron chi connectivity index (χ0n) is 14.7. The second kappa shape index (κ2) is 7.30. The van der Waals surface area contributed by atoms with Crippen LogP contribution in [0.4, 0.5) is 0 Å². The molecule has 138 valence electrons. The van der Waals surface area contributed by atoms with E-state index in [9.17, 15) is 9.90 Å². The third-order valence-corrected chi connectivity index (χ3v) is 5.04. The van der Waals surface area contributed by atoms with Gasteiger partial charge in [-0.15, -0.1) is 0 Å².